The molecule has 1 fully saturated rings. The lowest BCUT2D eigenvalue weighted by Crippen LogP contribution is -2.34. The van der Waals surface area contributed by atoms with Crippen LogP contribution in [0.4, 0.5) is 0 Å². The molecule has 1 saturated heterocycles. The fourth-order valence-electron chi connectivity index (χ4n) is 2.07. The molecular formula is C13H19NO2S. The Morgan fingerprint density at radius 3 is 3.18 bits per heavy atom. The zero-order chi connectivity index (χ0) is 11.9. The van der Waals surface area contributed by atoms with Crippen molar-refractivity contribution in [3.05, 3.63) is 22.4 Å². The molecule has 4 heteroatoms. The summed E-state index contributed by atoms with van der Waals surface area (Å²) in [6.45, 7) is 2.01. The first-order valence-corrected chi connectivity index (χ1v) is 7.12. The molecule has 0 aromatic carbocycles. The van der Waals surface area contributed by atoms with Gasteiger partial charge in [-0.05, 0) is 37.3 Å². The molecule has 1 aliphatic rings. The van der Waals surface area contributed by atoms with Gasteiger partial charge in [-0.15, -0.1) is 11.3 Å². The van der Waals surface area contributed by atoms with Crippen molar-refractivity contribution >= 4 is 17.1 Å². The predicted octanol–water partition coefficient (Wildman–Crippen LogP) is 2.48. The second kappa shape index (κ2) is 6.89. The number of thiophene rings is 1. The van der Waals surface area contributed by atoms with Crippen LogP contribution < -0.4 is 5.32 Å². The van der Waals surface area contributed by atoms with Crippen LogP contribution in [0.3, 0.4) is 0 Å². The molecule has 1 N–H and O–H groups in total. The van der Waals surface area contributed by atoms with Crippen LogP contribution in [-0.4, -0.2) is 31.6 Å². The third kappa shape index (κ3) is 4.22. The summed E-state index contributed by atoms with van der Waals surface area (Å²) in [6.07, 6.45) is 4.85. The Morgan fingerprint density at radius 1 is 1.53 bits per heavy atom. The first-order valence-electron chi connectivity index (χ1n) is 6.24. The molecule has 0 radical (unpaired) electrons. The molecular weight excluding hydrogens is 234 g/mol. The predicted molar refractivity (Wildman–Crippen MR) is 69.7 cm³/mol. The number of carbonyl (C=O) groups excluding carboxylic acids is 1. The van der Waals surface area contributed by atoms with Gasteiger partial charge < -0.3 is 10.1 Å². The van der Waals surface area contributed by atoms with Gasteiger partial charge in [0.05, 0.1) is 4.88 Å². The highest BCUT2D eigenvalue weighted by atomic mass is 32.1. The third-order valence-corrected chi connectivity index (χ3v) is 3.96. The van der Waals surface area contributed by atoms with E-state index in [0.29, 0.717) is 12.6 Å². The Balaban J connectivity index is 1.58. The first kappa shape index (κ1) is 12.7. The lowest BCUT2D eigenvalue weighted by molar-refractivity contribution is 0.0740. The van der Waals surface area contributed by atoms with Crippen molar-refractivity contribution < 1.29 is 9.53 Å². The van der Waals surface area contributed by atoms with E-state index in [4.69, 9.17) is 4.74 Å². The fourth-order valence-corrected chi connectivity index (χ4v) is 2.72. The van der Waals surface area contributed by atoms with E-state index in [-0.39, 0.29) is 12.4 Å². The van der Waals surface area contributed by atoms with Crippen LogP contribution in [0.2, 0.25) is 0 Å². The SMILES string of the molecule is O=C(COCCC1CCCCN1)c1cccs1. The molecule has 2 heterocycles. The smallest absolute Gasteiger partial charge is 0.198 e. The minimum absolute atomic E-state index is 0.0941. The van der Waals surface area contributed by atoms with Crippen LogP contribution in [-0.2, 0) is 4.74 Å². The number of rotatable bonds is 6. The molecule has 94 valence electrons. The minimum Gasteiger partial charge on any atom is -0.373 e. The molecule has 0 bridgehead atoms. The zero-order valence-corrected chi connectivity index (χ0v) is 10.8. The number of hydrogen-bond donors (Lipinski definition) is 1. The Bertz CT molecular complexity index is 331. The molecule has 17 heavy (non-hydrogen) atoms. The molecule has 1 aromatic rings. The Kier molecular flexibility index (Phi) is 5.16. The number of ether oxygens (including phenoxy) is 1. The van der Waals surface area contributed by atoms with Gasteiger partial charge >= 0.3 is 0 Å². The van der Waals surface area contributed by atoms with Gasteiger partial charge in [0.25, 0.3) is 0 Å². The number of piperidine rings is 1. The number of hydrogen-bond acceptors (Lipinski definition) is 4. The molecule has 1 aliphatic heterocycles. The molecule has 0 amide bonds. The maximum Gasteiger partial charge on any atom is 0.198 e. The van der Waals surface area contributed by atoms with E-state index >= 15 is 0 Å². The topological polar surface area (TPSA) is 38.3 Å². The summed E-state index contributed by atoms with van der Waals surface area (Å²) in [6, 6.07) is 4.32. The van der Waals surface area contributed by atoms with Crippen LogP contribution in [0.1, 0.15) is 35.4 Å². The van der Waals surface area contributed by atoms with E-state index in [1.807, 2.05) is 17.5 Å². The highest BCUT2D eigenvalue weighted by Gasteiger charge is 2.12. The highest BCUT2D eigenvalue weighted by molar-refractivity contribution is 7.12. The van der Waals surface area contributed by atoms with Gasteiger partial charge in [-0.3, -0.25) is 4.79 Å². The minimum atomic E-state index is 0.0941. The van der Waals surface area contributed by atoms with Crippen molar-refractivity contribution in [1.29, 1.82) is 0 Å². The van der Waals surface area contributed by atoms with Crippen LogP contribution >= 0.6 is 11.3 Å². The zero-order valence-electron chi connectivity index (χ0n) is 9.98. The second-order valence-corrected chi connectivity index (χ2v) is 5.34. The Morgan fingerprint density at radius 2 is 2.47 bits per heavy atom. The summed E-state index contributed by atoms with van der Waals surface area (Å²) in [5.41, 5.74) is 0. The molecule has 1 atom stereocenters. The van der Waals surface area contributed by atoms with Gasteiger partial charge in [0.2, 0.25) is 0 Å². The molecule has 1 unspecified atom stereocenters. The normalized spacial score (nSPS) is 20.4. The largest absolute Gasteiger partial charge is 0.373 e. The van der Waals surface area contributed by atoms with Crippen molar-refractivity contribution in [2.24, 2.45) is 0 Å². The standard InChI is InChI=1S/C13H19NO2S/c15-12(13-5-3-9-17-13)10-16-8-6-11-4-1-2-7-14-11/h3,5,9,11,14H,1-2,4,6-8,10H2. The average Bonchev–Trinajstić information content (AvgIpc) is 2.89. The number of carbonyl (C=O) groups is 1. The van der Waals surface area contributed by atoms with E-state index in [1.54, 1.807) is 0 Å². The molecule has 1 aromatic heterocycles. The molecule has 3 nitrogen and oxygen atoms in total. The van der Waals surface area contributed by atoms with Gasteiger partial charge in [0.15, 0.2) is 5.78 Å². The van der Waals surface area contributed by atoms with E-state index < -0.39 is 0 Å². The lowest BCUT2D eigenvalue weighted by atomic mass is 10.0. The number of nitrogens with one attached hydrogen (secondary N) is 1. The molecule has 2 rings (SSSR count). The quantitative estimate of drug-likeness (QED) is 0.625. The molecule has 0 spiro atoms. The second-order valence-electron chi connectivity index (χ2n) is 4.39. The molecule has 0 saturated carbocycles. The van der Waals surface area contributed by atoms with Crippen molar-refractivity contribution in [1.82, 2.24) is 5.32 Å². The van der Waals surface area contributed by atoms with E-state index in [9.17, 15) is 4.79 Å². The maximum absolute atomic E-state index is 11.6. The first-order chi connectivity index (χ1) is 8.36. The van der Waals surface area contributed by atoms with Crippen molar-refractivity contribution in [3.8, 4) is 0 Å². The van der Waals surface area contributed by atoms with Crippen molar-refractivity contribution in [3.63, 3.8) is 0 Å². The number of ketones is 1. The summed E-state index contributed by atoms with van der Waals surface area (Å²) in [5.74, 6) is 0.0941. The van der Waals surface area contributed by atoms with Crippen molar-refractivity contribution in [2.45, 2.75) is 31.7 Å². The Labute approximate surface area is 106 Å². The van der Waals surface area contributed by atoms with Gasteiger partial charge in [-0.25, -0.2) is 0 Å². The summed E-state index contributed by atoms with van der Waals surface area (Å²) in [4.78, 5) is 12.4. The van der Waals surface area contributed by atoms with Crippen LogP contribution in [0.5, 0.6) is 0 Å². The van der Waals surface area contributed by atoms with Gasteiger partial charge in [0.1, 0.15) is 6.61 Å². The average molecular weight is 253 g/mol. The van der Waals surface area contributed by atoms with Crippen LogP contribution in [0.25, 0.3) is 0 Å². The summed E-state index contributed by atoms with van der Waals surface area (Å²) in [7, 11) is 0. The maximum atomic E-state index is 11.6. The lowest BCUT2D eigenvalue weighted by Gasteiger charge is -2.23. The summed E-state index contributed by atoms with van der Waals surface area (Å²) in [5, 5.41) is 5.39. The Hall–Kier alpha value is -0.710. The highest BCUT2D eigenvalue weighted by Crippen LogP contribution is 2.11. The molecule has 0 aliphatic carbocycles. The van der Waals surface area contributed by atoms with E-state index in [1.165, 1.54) is 30.6 Å². The third-order valence-electron chi connectivity index (χ3n) is 3.05. The summed E-state index contributed by atoms with van der Waals surface area (Å²) >= 11 is 1.48. The van der Waals surface area contributed by atoms with Crippen LogP contribution in [0.15, 0.2) is 17.5 Å². The van der Waals surface area contributed by atoms with Crippen molar-refractivity contribution in [2.75, 3.05) is 19.8 Å². The van der Waals surface area contributed by atoms with E-state index in [0.717, 1.165) is 17.8 Å². The van der Waals surface area contributed by atoms with E-state index in [2.05, 4.69) is 5.32 Å². The van der Waals surface area contributed by atoms with Gasteiger partial charge in [0, 0.05) is 12.6 Å². The summed E-state index contributed by atoms with van der Waals surface area (Å²) < 4.78 is 5.44. The van der Waals surface area contributed by atoms with Gasteiger partial charge in [-0.2, -0.15) is 0 Å². The fraction of sp³-hybridized carbons (Fsp3) is 0.615. The number of Topliss-reactive ketones (excluding diaryl/α,β-unsaturated/α-hetero) is 1. The van der Waals surface area contributed by atoms with Crippen LogP contribution in [0, 0.1) is 0 Å². The monoisotopic (exact) mass is 253 g/mol. The van der Waals surface area contributed by atoms with Gasteiger partial charge in [-0.1, -0.05) is 12.5 Å².